The lowest BCUT2D eigenvalue weighted by atomic mass is 10.1. The summed E-state index contributed by atoms with van der Waals surface area (Å²) in [7, 11) is 0. The predicted octanol–water partition coefficient (Wildman–Crippen LogP) is 3.92. The van der Waals surface area contributed by atoms with Gasteiger partial charge < -0.3 is 5.32 Å². The lowest BCUT2D eigenvalue weighted by Gasteiger charge is -2.18. The summed E-state index contributed by atoms with van der Waals surface area (Å²) in [6.45, 7) is 8.01. The molecule has 0 aliphatic rings. The molecule has 1 aromatic carbocycles. The average molecular weight is 328 g/mol. The van der Waals surface area contributed by atoms with Crippen LogP contribution in [0.5, 0.6) is 0 Å². The van der Waals surface area contributed by atoms with Crippen molar-refractivity contribution in [2.45, 2.75) is 26.9 Å². The molecule has 1 amide bonds. The monoisotopic (exact) mass is 328 g/mol. The van der Waals surface area contributed by atoms with Crippen molar-refractivity contribution < 1.29 is 4.79 Å². The van der Waals surface area contributed by atoms with Crippen LogP contribution in [0.1, 0.15) is 29.9 Å². The molecule has 3 nitrogen and oxygen atoms in total. The lowest BCUT2D eigenvalue weighted by Crippen LogP contribution is -2.22. The maximum atomic E-state index is 11.8. The smallest absolute Gasteiger partial charge is 0.244 e. The fourth-order valence-electron chi connectivity index (χ4n) is 2.26. The number of rotatable bonds is 8. The first-order valence-electron chi connectivity index (χ1n) is 8.00. The van der Waals surface area contributed by atoms with E-state index < -0.39 is 0 Å². The summed E-state index contributed by atoms with van der Waals surface area (Å²) in [5.74, 6) is -0.0642. The molecule has 0 unspecified atom stereocenters. The third kappa shape index (κ3) is 6.00. The van der Waals surface area contributed by atoms with Gasteiger partial charge in [0.15, 0.2) is 0 Å². The second kappa shape index (κ2) is 9.28. The Morgan fingerprint density at radius 3 is 2.43 bits per heavy atom. The number of nitrogens with one attached hydrogen (secondary N) is 1. The Labute approximate surface area is 142 Å². The topological polar surface area (TPSA) is 32.3 Å². The van der Waals surface area contributed by atoms with Crippen LogP contribution >= 0.6 is 11.3 Å². The molecule has 0 fully saturated rings. The summed E-state index contributed by atoms with van der Waals surface area (Å²) in [5, 5.41) is 4.91. The van der Waals surface area contributed by atoms with E-state index in [-0.39, 0.29) is 5.91 Å². The number of hydrogen-bond acceptors (Lipinski definition) is 3. The molecule has 4 heteroatoms. The SMILES string of the molecule is CCN(CC)Cc1ccc(CNC(=O)/C=C/c2cccs2)cc1. The largest absolute Gasteiger partial charge is 0.348 e. The second-order valence-corrected chi connectivity index (χ2v) is 6.32. The van der Waals surface area contributed by atoms with Crippen molar-refractivity contribution in [3.05, 3.63) is 63.9 Å². The highest BCUT2D eigenvalue weighted by molar-refractivity contribution is 7.10. The zero-order valence-corrected chi connectivity index (χ0v) is 14.6. The van der Waals surface area contributed by atoms with Gasteiger partial charge >= 0.3 is 0 Å². The van der Waals surface area contributed by atoms with Crippen molar-refractivity contribution in [3.8, 4) is 0 Å². The van der Waals surface area contributed by atoms with Crippen molar-refractivity contribution >= 4 is 23.3 Å². The van der Waals surface area contributed by atoms with Gasteiger partial charge in [0, 0.05) is 24.0 Å². The molecule has 2 aromatic rings. The van der Waals surface area contributed by atoms with Crippen LogP contribution in [0.3, 0.4) is 0 Å². The number of carbonyl (C=O) groups excluding carboxylic acids is 1. The molecule has 0 bridgehead atoms. The third-order valence-corrected chi connectivity index (χ3v) is 4.57. The molecule has 1 N–H and O–H groups in total. The molecule has 2 rings (SSSR count). The van der Waals surface area contributed by atoms with Crippen LogP contribution in [-0.4, -0.2) is 23.9 Å². The zero-order chi connectivity index (χ0) is 16.5. The van der Waals surface area contributed by atoms with Gasteiger partial charge in [-0.1, -0.05) is 44.2 Å². The van der Waals surface area contributed by atoms with Crippen LogP contribution in [0.2, 0.25) is 0 Å². The highest BCUT2D eigenvalue weighted by atomic mass is 32.1. The second-order valence-electron chi connectivity index (χ2n) is 5.34. The van der Waals surface area contributed by atoms with Crippen molar-refractivity contribution in [1.82, 2.24) is 10.2 Å². The Bertz CT molecular complexity index is 613. The van der Waals surface area contributed by atoms with Crippen LogP contribution in [0, 0.1) is 0 Å². The van der Waals surface area contributed by atoms with E-state index in [2.05, 4.69) is 48.3 Å². The van der Waals surface area contributed by atoms with E-state index in [1.165, 1.54) is 5.56 Å². The van der Waals surface area contributed by atoms with E-state index in [4.69, 9.17) is 0 Å². The van der Waals surface area contributed by atoms with Gasteiger partial charge in [-0.3, -0.25) is 9.69 Å². The molecule has 0 atom stereocenters. The predicted molar refractivity (Wildman–Crippen MR) is 98.3 cm³/mol. The molecule has 0 spiro atoms. The van der Waals surface area contributed by atoms with Gasteiger partial charge in [0.05, 0.1) is 0 Å². The quantitative estimate of drug-likeness (QED) is 0.745. The highest BCUT2D eigenvalue weighted by Gasteiger charge is 2.02. The Morgan fingerprint density at radius 2 is 1.83 bits per heavy atom. The fourth-order valence-corrected chi connectivity index (χ4v) is 2.88. The first-order valence-corrected chi connectivity index (χ1v) is 8.88. The van der Waals surface area contributed by atoms with Gasteiger partial charge in [-0.2, -0.15) is 0 Å². The lowest BCUT2D eigenvalue weighted by molar-refractivity contribution is -0.116. The van der Waals surface area contributed by atoms with Gasteiger partial charge in [-0.05, 0) is 41.7 Å². The Kier molecular flexibility index (Phi) is 7.04. The summed E-state index contributed by atoms with van der Waals surface area (Å²) in [5.41, 5.74) is 2.42. The molecular weight excluding hydrogens is 304 g/mol. The van der Waals surface area contributed by atoms with Gasteiger partial charge in [-0.25, -0.2) is 0 Å². The van der Waals surface area contributed by atoms with Gasteiger partial charge in [0.1, 0.15) is 0 Å². The molecule has 122 valence electrons. The summed E-state index contributed by atoms with van der Waals surface area (Å²) >= 11 is 1.62. The molecule has 0 aliphatic carbocycles. The molecule has 23 heavy (non-hydrogen) atoms. The van der Waals surface area contributed by atoms with E-state index in [9.17, 15) is 4.79 Å². The van der Waals surface area contributed by atoms with Crippen molar-refractivity contribution in [1.29, 1.82) is 0 Å². The summed E-state index contributed by atoms with van der Waals surface area (Å²) in [6, 6.07) is 12.4. The van der Waals surface area contributed by atoms with Crippen LogP contribution in [0.15, 0.2) is 47.9 Å². The Morgan fingerprint density at radius 1 is 1.13 bits per heavy atom. The summed E-state index contributed by atoms with van der Waals surface area (Å²) < 4.78 is 0. The van der Waals surface area contributed by atoms with Crippen LogP contribution < -0.4 is 5.32 Å². The standard InChI is InChI=1S/C19H24N2OS/c1-3-21(4-2)15-17-9-7-16(8-10-17)14-20-19(22)12-11-18-6-5-13-23-18/h5-13H,3-4,14-15H2,1-2H3,(H,20,22)/b12-11+. The number of hydrogen-bond donors (Lipinski definition) is 1. The zero-order valence-electron chi connectivity index (χ0n) is 13.8. The van der Waals surface area contributed by atoms with Gasteiger partial charge in [0.25, 0.3) is 0 Å². The normalized spacial score (nSPS) is 11.3. The molecule has 0 saturated heterocycles. The molecule has 1 aromatic heterocycles. The maximum Gasteiger partial charge on any atom is 0.244 e. The number of thiophene rings is 1. The minimum Gasteiger partial charge on any atom is -0.348 e. The number of nitrogens with zero attached hydrogens (tertiary/aromatic N) is 1. The number of benzene rings is 1. The number of amides is 1. The fraction of sp³-hybridized carbons (Fsp3) is 0.316. The van der Waals surface area contributed by atoms with Crippen LogP contribution in [0.25, 0.3) is 6.08 Å². The van der Waals surface area contributed by atoms with E-state index in [0.717, 1.165) is 30.1 Å². The maximum absolute atomic E-state index is 11.8. The van der Waals surface area contributed by atoms with E-state index in [0.29, 0.717) is 6.54 Å². The summed E-state index contributed by atoms with van der Waals surface area (Å²) in [4.78, 5) is 15.3. The first kappa shape index (κ1) is 17.4. The third-order valence-electron chi connectivity index (χ3n) is 3.73. The first-order chi connectivity index (χ1) is 11.2. The Hall–Kier alpha value is -1.91. The van der Waals surface area contributed by atoms with Crippen LogP contribution in [-0.2, 0) is 17.9 Å². The highest BCUT2D eigenvalue weighted by Crippen LogP contribution is 2.10. The molecular formula is C19H24N2OS. The van der Waals surface area contributed by atoms with E-state index in [1.54, 1.807) is 17.4 Å². The van der Waals surface area contributed by atoms with Gasteiger partial charge in [0.2, 0.25) is 5.91 Å². The van der Waals surface area contributed by atoms with Crippen molar-refractivity contribution in [3.63, 3.8) is 0 Å². The van der Waals surface area contributed by atoms with Gasteiger partial charge in [-0.15, -0.1) is 11.3 Å². The minimum atomic E-state index is -0.0642. The van der Waals surface area contributed by atoms with Crippen molar-refractivity contribution in [2.75, 3.05) is 13.1 Å². The Balaban J connectivity index is 1.80. The van der Waals surface area contributed by atoms with E-state index in [1.807, 2.05) is 23.6 Å². The molecule has 0 radical (unpaired) electrons. The summed E-state index contributed by atoms with van der Waals surface area (Å²) in [6.07, 6.45) is 3.42. The average Bonchev–Trinajstić information content (AvgIpc) is 3.10. The number of carbonyl (C=O) groups is 1. The van der Waals surface area contributed by atoms with Crippen molar-refractivity contribution in [2.24, 2.45) is 0 Å². The molecule has 0 saturated carbocycles. The minimum absolute atomic E-state index is 0.0642. The molecule has 1 heterocycles. The van der Waals surface area contributed by atoms with Crippen LogP contribution in [0.4, 0.5) is 0 Å². The molecule has 0 aliphatic heterocycles. The van der Waals surface area contributed by atoms with E-state index >= 15 is 0 Å².